The number of halogens is 1. The summed E-state index contributed by atoms with van der Waals surface area (Å²) in [7, 11) is 0. The second kappa shape index (κ2) is 4.00. The van der Waals surface area contributed by atoms with E-state index in [4.69, 9.17) is 5.11 Å². The second-order valence-corrected chi connectivity index (χ2v) is 3.42. The van der Waals surface area contributed by atoms with Crippen molar-refractivity contribution in [2.75, 3.05) is 5.33 Å². The van der Waals surface area contributed by atoms with Crippen LogP contribution in [-0.4, -0.2) is 28.5 Å². The van der Waals surface area contributed by atoms with Crippen LogP contribution < -0.4 is 0 Å². The molecule has 0 spiro atoms. The molecule has 68 valence electrons. The number of aliphatic hydroxyl groups is 1. The molecule has 0 amide bonds. The molecule has 2 atom stereocenters. The largest absolute Gasteiger partial charge is 0.391 e. The summed E-state index contributed by atoms with van der Waals surface area (Å²) in [6.07, 6.45) is -0.0299. The highest BCUT2D eigenvalue weighted by molar-refractivity contribution is 9.09. The Morgan fingerprint density at radius 2 is 2.08 bits per heavy atom. The van der Waals surface area contributed by atoms with Gasteiger partial charge in [0.25, 0.3) is 0 Å². The summed E-state index contributed by atoms with van der Waals surface area (Å²) in [5.41, 5.74) is 0. The number of aliphatic hydroxyl groups excluding tert-OH is 1. The number of hydrogen-bond acceptors (Lipinski definition) is 4. The minimum absolute atomic E-state index is 0.483. The third-order valence-electron chi connectivity index (χ3n) is 1.78. The third-order valence-corrected chi connectivity index (χ3v) is 2.34. The van der Waals surface area contributed by atoms with Crippen molar-refractivity contribution >= 4 is 27.9 Å². The van der Waals surface area contributed by atoms with Crippen LogP contribution in [0.5, 0.6) is 0 Å². The van der Waals surface area contributed by atoms with Gasteiger partial charge in [-0.15, -0.1) is 0 Å². The Labute approximate surface area is 78.0 Å². The fourth-order valence-electron chi connectivity index (χ4n) is 1.10. The second-order valence-electron chi connectivity index (χ2n) is 2.62. The molecule has 5 heteroatoms. The molecule has 1 rings (SSSR count). The lowest BCUT2D eigenvalue weighted by Gasteiger charge is -2.05. The van der Waals surface area contributed by atoms with Crippen LogP contribution in [0, 0.1) is 5.92 Å². The molecule has 1 N–H and O–H groups in total. The fourth-order valence-corrected chi connectivity index (χ4v) is 1.42. The van der Waals surface area contributed by atoms with Gasteiger partial charge in [0.1, 0.15) is 0 Å². The van der Waals surface area contributed by atoms with E-state index in [1.807, 2.05) is 0 Å². The zero-order chi connectivity index (χ0) is 9.14. The number of hydrogen-bond donors (Lipinski definition) is 1. The van der Waals surface area contributed by atoms with Gasteiger partial charge in [-0.25, -0.2) is 4.79 Å². The summed E-state index contributed by atoms with van der Waals surface area (Å²) in [5.74, 6) is -2.08. The van der Waals surface area contributed by atoms with Gasteiger partial charge in [0, 0.05) is 5.33 Å². The molecule has 0 aromatic rings. The molecule has 0 aliphatic carbocycles. The first-order chi connectivity index (χ1) is 5.66. The first-order valence-corrected chi connectivity index (χ1v) is 4.78. The molecule has 1 fully saturated rings. The van der Waals surface area contributed by atoms with Gasteiger partial charge in [0.05, 0.1) is 5.92 Å². The molecular formula is C7H9BrO4. The maximum Gasteiger partial charge on any atom is 0.343 e. The molecular weight excluding hydrogens is 228 g/mol. The van der Waals surface area contributed by atoms with Gasteiger partial charge in [-0.2, -0.15) is 0 Å². The normalized spacial score (nSPS) is 29.2. The summed E-state index contributed by atoms with van der Waals surface area (Å²) < 4.78 is 4.24. The number of carbonyl (C=O) groups excluding carboxylic acids is 2. The lowest BCUT2D eigenvalue weighted by molar-refractivity contribution is -0.154. The Morgan fingerprint density at radius 1 is 1.42 bits per heavy atom. The van der Waals surface area contributed by atoms with Crippen LogP contribution in [0.1, 0.15) is 12.8 Å². The van der Waals surface area contributed by atoms with Gasteiger partial charge in [-0.05, 0) is 12.8 Å². The average molecular weight is 237 g/mol. The van der Waals surface area contributed by atoms with Crippen molar-refractivity contribution in [3.05, 3.63) is 0 Å². The van der Waals surface area contributed by atoms with Crippen molar-refractivity contribution in [3.8, 4) is 0 Å². The topological polar surface area (TPSA) is 63.6 Å². The quantitative estimate of drug-likeness (QED) is 0.433. The zero-order valence-electron chi connectivity index (χ0n) is 6.33. The Hall–Kier alpha value is -0.420. The molecule has 1 heterocycles. The first kappa shape index (κ1) is 9.67. The van der Waals surface area contributed by atoms with E-state index in [0.29, 0.717) is 6.42 Å². The van der Waals surface area contributed by atoms with E-state index in [2.05, 4.69) is 20.7 Å². The average Bonchev–Trinajstić information content (AvgIpc) is 2.25. The van der Waals surface area contributed by atoms with E-state index in [9.17, 15) is 9.59 Å². The molecule has 0 aromatic carbocycles. The predicted molar refractivity (Wildman–Crippen MR) is 43.6 cm³/mol. The standard InChI is InChI=1S/C7H9BrO4/c8-3-1-2-4-5(9)7(11)12-6(4)10/h4-5,9H,1-3H2. The smallest absolute Gasteiger partial charge is 0.343 e. The number of cyclic esters (lactones) is 2. The highest BCUT2D eigenvalue weighted by atomic mass is 79.9. The van der Waals surface area contributed by atoms with Crippen LogP contribution in [0.15, 0.2) is 0 Å². The molecule has 12 heavy (non-hydrogen) atoms. The first-order valence-electron chi connectivity index (χ1n) is 3.66. The van der Waals surface area contributed by atoms with E-state index in [0.717, 1.165) is 11.8 Å². The van der Waals surface area contributed by atoms with E-state index in [1.165, 1.54) is 0 Å². The van der Waals surface area contributed by atoms with Crippen molar-refractivity contribution in [2.24, 2.45) is 5.92 Å². The zero-order valence-corrected chi connectivity index (χ0v) is 7.91. The van der Waals surface area contributed by atoms with Crippen molar-refractivity contribution in [1.82, 2.24) is 0 Å². The van der Waals surface area contributed by atoms with Crippen LogP contribution in [0.2, 0.25) is 0 Å². The van der Waals surface area contributed by atoms with E-state index < -0.39 is 24.0 Å². The van der Waals surface area contributed by atoms with Crippen LogP contribution in [0.3, 0.4) is 0 Å². The molecule has 2 unspecified atom stereocenters. The predicted octanol–water partition coefficient (Wildman–Crippen LogP) is 0.222. The van der Waals surface area contributed by atoms with Crippen molar-refractivity contribution in [3.63, 3.8) is 0 Å². The van der Waals surface area contributed by atoms with Gasteiger partial charge in [0.2, 0.25) is 0 Å². The fraction of sp³-hybridized carbons (Fsp3) is 0.714. The Bertz CT molecular complexity index is 204. The lowest BCUT2D eigenvalue weighted by Crippen LogP contribution is -2.23. The number of alkyl halides is 1. The monoisotopic (exact) mass is 236 g/mol. The third kappa shape index (κ3) is 1.84. The van der Waals surface area contributed by atoms with Gasteiger partial charge < -0.3 is 9.84 Å². The summed E-state index contributed by atoms with van der Waals surface area (Å²) in [6, 6.07) is 0. The van der Waals surface area contributed by atoms with Crippen LogP contribution in [0.4, 0.5) is 0 Å². The van der Waals surface area contributed by atoms with Crippen molar-refractivity contribution < 1.29 is 19.4 Å². The molecule has 1 saturated heterocycles. The summed E-state index contributed by atoms with van der Waals surface area (Å²) in [4.78, 5) is 21.5. The van der Waals surface area contributed by atoms with E-state index in [1.54, 1.807) is 0 Å². The van der Waals surface area contributed by atoms with Crippen LogP contribution >= 0.6 is 15.9 Å². The van der Waals surface area contributed by atoms with Gasteiger partial charge in [-0.1, -0.05) is 15.9 Å². The summed E-state index contributed by atoms with van der Waals surface area (Å²) in [6.45, 7) is 0. The van der Waals surface area contributed by atoms with E-state index >= 15 is 0 Å². The Balaban J connectivity index is 2.51. The number of esters is 2. The molecule has 1 aliphatic heterocycles. The molecule has 0 radical (unpaired) electrons. The molecule has 0 aromatic heterocycles. The number of carbonyl (C=O) groups is 2. The van der Waals surface area contributed by atoms with Gasteiger partial charge >= 0.3 is 11.9 Å². The molecule has 0 saturated carbocycles. The molecule has 4 nitrogen and oxygen atoms in total. The van der Waals surface area contributed by atoms with Crippen molar-refractivity contribution in [1.29, 1.82) is 0 Å². The molecule has 0 bridgehead atoms. The van der Waals surface area contributed by atoms with Crippen LogP contribution in [0.25, 0.3) is 0 Å². The molecule has 1 aliphatic rings. The SMILES string of the molecule is O=C1OC(=O)C(CCCBr)C1O. The highest BCUT2D eigenvalue weighted by Gasteiger charge is 2.42. The van der Waals surface area contributed by atoms with Crippen LogP contribution in [-0.2, 0) is 14.3 Å². The number of rotatable bonds is 3. The maximum absolute atomic E-state index is 10.9. The Morgan fingerprint density at radius 3 is 2.50 bits per heavy atom. The number of ether oxygens (including phenoxy) is 1. The summed E-state index contributed by atoms with van der Waals surface area (Å²) in [5, 5.41) is 9.89. The summed E-state index contributed by atoms with van der Waals surface area (Å²) >= 11 is 3.19. The Kier molecular flexibility index (Phi) is 3.22. The highest BCUT2D eigenvalue weighted by Crippen LogP contribution is 2.21. The van der Waals surface area contributed by atoms with Crippen molar-refractivity contribution in [2.45, 2.75) is 18.9 Å². The van der Waals surface area contributed by atoms with E-state index in [-0.39, 0.29) is 0 Å². The minimum Gasteiger partial charge on any atom is -0.391 e. The van der Waals surface area contributed by atoms with Gasteiger partial charge in [-0.3, -0.25) is 4.79 Å². The van der Waals surface area contributed by atoms with Gasteiger partial charge in [0.15, 0.2) is 6.10 Å². The maximum atomic E-state index is 10.9. The minimum atomic E-state index is -1.25. The lowest BCUT2D eigenvalue weighted by atomic mass is 10.00.